The summed E-state index contributed by atoms with van der Waals surface area (Å²) in [5, 5.41) is 9.49. The Morgan fingerprint density at radius 3 is 2.73 bits per heavy atom. The second-order valence-electron chi connectivity index (χ2n) is 6.71. The van der Waals surface area contributed by atoms with Gasteiger partial charge in [0.2, 0.25) is 5.91 Å². The van der Waals surface area contributed by atoms with Crippen molar-refractivity contribution in [1.29, 1.82) is 0 Å². The average Bonchev–Trinajstić information content (AvgIpc) is 2.93. The number of amides is 1. The fourth-order valence-electron chi connectivity index (χ4n) is 3.51. The Bertz CT molecular complexity index is 741. The zero-order valence-corrected chi connectivity index (χ0v) is 15.7. The monoisotopic (exact) mass is 372 g/mol. The van der Waals surface area contributed by atoms with Crippen LogP contribution in [0.1, 0.15) is 25.1 Å². The highest BCUT2D eigenvalue weighted by molar-refractivity contribution is 7.99. The molecule has 26 heavy (non-hydrogen) atoms. The van der Waals surface area contributed by atoms with Gasteiger partial charge in [-0.3, -0.25) is 4.79 Å². The van der Waals surface area contributed by atoms with E-state index in [9.17, 15) is 4.79 Å². The molecule has 2 aliphatic heterocycles. The molecule has 2 aromatic heterocycles. The smallest absolute Gasteiger partial charge is 0.233 e. The number of carbonyl (C=O) groups is 1. The number of hydrogen-bond donors (Lipinski definition) is 0. The Hall–Kier alpha value is -2.09. The van der Waals surface area contributed by atoms with Crippen molar-refractivity contribution in [2.75, 3.05) is 36.8 Å². The highest BCUT2D eigenvalue weighted by Gasteiger charge is 2.23. The molecule has 138 valence electrons. The van der Waals surface area contributed by atoms with Crippen LogP contribution >= 0.6 is 11.8 Å². The minimum absolute atomic E-state index is 0.182. The fraction of sp³-hybridized carbons (Fsp3) is 0.556. The lowest BCUT2D eigenvalue weighted by Crippen LogP contribution is -2.49. The van der Waals surface area contributed by atoms with Crippen LogP contribution in [-0.2, 0) is 17.8 Å². The first-order valence-electron chi connectivity index (χ1n) is 9.30. The third-order valence-electron chi connectivity index (χ3n) is 5.01. The fourth-order valence-corrected chi connectivity index (χ4v) is 4.39. The number of anilines is 1. The molecule has 0 saturated carbocycles. The van der Waals surface area contributed by atoms with E-state index < -0.39 is 0 Å². The van der Waals surface area contributed by atoms with Crippen molar-refractivity contribution < 1.29 is 4.79 Å². The molecule has 0 aliphatic carbocycles. The molecule has 1 fully saturated rings. The summed E-state index contributed by atoms with van der Waals surface area (Å²) in [5.74, 6) is 2.67. The average molecular weight is 372 g/mol. The summed E-state index contributed by atoms with van der Waals surface area (Å²) < 4.78 is 2.20. The minimum atomic E-state index is 0.182. The first-order valence-corrected chi connectivity index (χ1v) is 10.3. The molecule has 0 radical (unpaired) electrons. The number of fused-ring (bicyclic) bond motifs is 1. The van der Waals surface area contributed by atoms with Gasteiger partial charge in [-0.1, -0.05) is 24.2 Å². The topological polar surface area (TPSA) is 67.2 Å². The van der Waals surface area contributed by atoms with Crippen molar-refractivity contribution in [3.05, 3.63) is 30.2 Å². The number of nitrogens with zero attached hydrogens (tertiary/aromatic N) is 6. The summed E-state index contributed by atoms with van der Waals surface area (Å²) in [6.45, 7) is 4.12. The maximum Gasteiger partial charge on any atom is 0.233 e. The van der Waals surface area contributed by atoms with E-state index in [1.54, 1.807) is 0 Å². The molecule has 2 aliphatic rings. The zero-order chi connectivity index (χ0) is 17.8. The Labute approximate surface area is 157 Å². The quantitative estimate of drug-likeness (QED) is 0.763. The number of hydrogen-bond acceptors (Lipinski definition) is 6. The maximum atomic E-state index is 12.6. The molecule has 0 unspecified atom stereocenters. The number of rotatable bonds is 4. The molecule has 4 heterocycles. The second-order valence-corrected chi connectivity index (χ2v) is 7.65. The molecule has 0 atom stereocenters. The standard InChI is InChI=1S/C18H24N6OS/c25-17(14-26-18-21-20-16-7-2-1-5-9-24(16)18)23-12-10-22(11-13-23)15-6-3-4-8-19-15/h3-4,6,8H,1-2,5,7,9-14H2. The van der Waals surface area contributed by atoms with Crippen LogP contribution in [0.3, 0.4) is 0 Å². The summed E-state index contributed by atoms with van der Waals surface area (Å²) in [5.41, 5.74) is 0. The second kappa shape index (κ2) is 8.07. The molecule has 0 bridgehead atoms. The van der Waals surface area contributed by atoms with Gasteiger partial charge >= 0.3 is 0 Å². The van der Waals surface area contributed by atoms with Crippen LogP contribution in [0.25, 0.3) is 0 Å². The van der Waals surface area contributed by atoms with E-state index in [1.165, 1.54) is 31.0 Å². The number of piperazine rings is 1. The Morgan fingerprint density at radius 1 is 1.04 bits per heavy atom. The van der Waals surface area contributed by atoms with E-state index >= 15 is 0 Å². The van der Waals surface area contributed by atoms with Crippen molar-refractivity contribution in [1.82, 2.24) is 24.6 Å². The van der Waals surface area contributed by atoms with Crippen LogP contribution in [0.4, 0.5) is 5.82 Å². The van der Waals surface area contributed by atoms with E-state index in [4.69, 9.17) is 0 Å². The molecule has 2 aromatic rings. The van der Waals surface area contributed by atoms with Gasteiger partial charge in [0.25, 0.3) is 0 Å². The van der Waals surface area contributed by atoms with Gasteiger partial charge in [-0.2, -0.15) is 0 Å². The molecule has 4 rings (SSSR count). The van der Waals surface area contributed by atoms with Crippen molar-refractivity contribution in [3.63, 3.8) is 0 Å². The molecular weight excluding hydrogens is 348 g/mol. The van der Waals surface area contributed by atoms with Crippen LogP contribution < -0.4 is 4.90 Å². The number of pyridine rings is 1. The molecule has 7 nitrogen and oxygen atoms in total. The molecule has 1 saturated heterocycles. The van der Waals surface area contributed by atoms with Gasteiger partial charge in [0.05, 0.1) is 5.75 Å². The predicted molar refractivity (Wildman–Crippen MR) is 101 cm³/mol. The van der Waals surface area contributed by atoms with Crippen LogP contribution in [0.15, 0.2) is 29.6 Å². The third-order valence-corrected chi connectivity index (χ3v) is 5.96. The largest absolute Gasteiger partial charge is 0.353 e. The minimum Gasteiger partial charge on any atom is -0.353 e. The SMILES string of the molecule is O=C(CSc1nnc2n1CCCCC2)N1CCN(c2ccccn2)CC1. The van der Waals surface area contributed by atoms with Crippen LogP contribution in [0, 0.1) is 0 Å². The Kier molecular flexibility index (Phi) is 5.38. The summed E-state index contributed by atoms with van der Waals surface area (Å²) in [7, 11) is 0. The Morgan fingerprint density at radius 2 is 1.92 bits per heavy atom. The van der Waals surface area contributed by atoms with E-state index in [0.717, 1.165) is 55.9 Å². The third kappa shape index (κ3) is 3.85. The van der Waals surface area contributed by atoms with Gasteiger partial charge in [-0.25, -0.2) is 4.98 Å². The van der Waals surface area contributed by atoms with E-state index in [1.807, 2.05) is 29.3 Å². The van der Waals surface area contributed by atoms with Crippen molar-refractivity contribution in [3.8, 4) is 0 Å². The zero-order valence-electron chi connectivity index (χ0n) is 14.9. The molecule has 0 spiro atoms. The lowest BCUT2D eigenvalue weighted by atomic mass is 10.2. The van der Waals surface area contributed by atoms with Gasteiger partial charge in [0.1, 0.15) is 11.6 Å². The van der Waals surface area contributed by atoms with E-state index in [0.29, 0.717) is 5.75 Å². The molecule has 8 heteroatoms. The first kappa shape index (κ1) is 17.3. The molecule has 0 N–H and O–H groups in total. The van der Waals surface area contributed by atoms with Gasteiger partial charge in [0.15, 0.2) is 5.16 Å². The number of aromatic nitrogens is 4. The van der Waals surface area contributed by atoms with Gasteiger partial charge in [-0.05, 0) is 25.0 Å². The summed E-state index contributed by atoms with van der Waals surface area (Å²) in [6.07, 6.45) is 6.40. The Balaban J connectivity index is 1.29. The molecular formula is C18H24N6OS. The normalized spacial score (nSPS) is 17.7. The maximum absolute atomic E-state index is 12.6. The van der Waals surface area contributed by atoms with E-state index in [-0.39, 0.29) is 5.91 Å². The van der Waals surface area contributed by atoms with Crippen molar-refractivity contribution in [2.24, 2.45) is 0 Å². The van der Waals surface area contributed by atoms with Crippen LogP contribution in [0.2, 0.25) is 0 Å². The van der Waals surface area contributed by atoms with Crippen molar-refractivity contribution >= 4 is 23.5 Å². The lowest BCUT2D eigenvalue weighted by molar-refractivity contribution is -0.128. The number of carbonyl (C=O) groups excluding carboxylic acids is 1. The van der Waals surface area contributed by atoms with Gasteiger partial charge < -0.3 is 14.4 Å². The summed E-state index contributed by atoms with van der Waals surface area (Å²) >= 11 is 1.52. The highest BCUT2D eigenvalue weighted by Crippen LogP contribution is 2.22. The molecule has 1 amide bonds. The van der Waals surface area contributed by atoms with Crippen LogP contribution in [0.5, 0.6) is 0 Å². The first-order chi connectivity index (χ1) is 12.8. The highest BCUT2D eigenvalue weighted by atomic mass is 32.2. The van der Waals surface area contributed by atoms with Crippen LogP contribution in [-0.4, -0.2) is 62.5 Å². The van der Waals surface area contributed by atoms with Gasteiger partial charge in [-0.15, -0.1) is 10.2 Å². The van der Waals surface area contributed by atoms with Crippen molar-refractivity contribution in [2.45, 2.75) is 37.4 Å². The van der Waals surface area contributed by atoms with Gasteiger partial charge in [0, 0.05) is 45.3 Å². The molecule has 0 aromatic carbocycles. The van der Waals surface area contributed by atoms with E-state index in [2.05, 4.69) is 24.6 Å². The predicted octanol–water partition coefficient (Wildman–Crippen LogP) is 1.84. The number of thioether (sulfide) groups is 1. The summed E-state index contributed by atoms with van der Waals surface area (Å²) in [6, 6.07) is 5.94. The number of aryl methyl sites for hydroxylation is 1. The summed E-state index contributed by atoms with van der Waals surface area (Å²) in [4.78, 5) is 21.2. The lowest BCUT2D eigenvalue weighted by Gasteiger charge is -2.35.